The van der Waals surface area contributed by atoms with Crippen molar-refractivity contribution >= 4 is 18.3 Å². The van der Waals surface area contributed by atoms with Crippen molar-refractivity contribution in [1.29, 1.82) is 0 Å². The maximum absolute atomic E-state index is 12.8. The topological polar surface area (TPSA) is 80.0 Å². The Kier molecular flexibility index (Phi) is 6.42. The Morgan fingerprint density at radius 1 is 1.31 bits per heavy atom. The first-order valence-electron chi connectivity index (χ1n) is 8.81. The quantitative estimate of drug-likeness (QED) is 0.857. The number of benzene rings is 1. The third kappa shape index (κ3) is 4.43. The number of nitrogens with one attached hydrogen (secondary N) is 2. The van der Waals surface area contributed by atoms with Crippen LogP contribution in [0.4, 0.5) is 0 Å². The van der Waals surface area contributed by atoms with Gasteiger partial charge in [-0.25, -0.2) is 0 Å². The second-order valence-electron chi connectivity index (χ2n) is 7.77. The Labute approximate surface area is 160 Å². The molecule has 1 aromatic heterocycles. The van der Waals surface area contributed by atoms with Crippen LogP contribution in [0, 0.1) is 5.92 Å². The van der Waals surface area contributed by atoms with Gasteiger partial charge in [-0.05, 0) is 37.6 Å². The van der Waals surface area contributed by atoms with Crippen LogP contribution in [0.3, 0.4) is 0 Å². The van der Waals surface area contributed by atoms with Gasteiger partial charge in [-0.3, -0.25) is 4.79 Å². The van der Waals surface area contributed by atoms with Crippen molar-refractivity contribution in [3.8, 4) is 11.5 Å². The first-order chi connectivity index (χ1) is 11.9. The molecule has 7 heteroatoms. The number of rotatable bonds is 3. The molecule has 1 aromatic carbocycles. The molecular formula is C19H27ClN4O2. The first-order valence-corrected chi connectivity index (χ1v) is 8.81. The normalized spacial score (nSPS) is 20.3. The fourth-order valence-corrected chi connectivity index (χ4v) is 2.98. The summed E-state index contributed by atoms with van der Waals surface area (Å²) in [7, 11) is 0. The highest BCUT2D eigenvalue weighted by molar-refractivity contribution is 6.00. The van der Waals surface area contributed by atoms with Gasteiger partial charge in [0.25, 0.3) is 11.8 Å². The van der Waals surface area contributed by atoms with Gasteiger partial charge in [0.05, 0.1) is 11.1 Å². The number of hydrogen-bond donors (Lipinski definition) is 2. The molecule has 2 N–H and O–H groups in total. The molecule has 2 aromatic rings. The minimum atomic E-state index is -0.205. The molecule has 0 saturated carbocycles. The lowest BCUT2D eigenvalue weighted by Gasteiger charge is -2.30. The van der Waals surface area contributed by atoms with Crippen molar-refractivity contribution in [2.75, 3.05) is 13.1 Å². The number of piperidine rings is 1. The Balaban J connectivity index is 0.00000243. The van der Waals surface area contributed by atoms with Crippen LogP contribution in [0.2, 0.25) is 0 Å². The van der Waals surface area contributed by atoms with Crippen LogP contribution in [0.15, 0.2) is 28.8 Å². The highest BCUT2D eigenvalue weighted by atomic mass is 35.5. The number of carbonyl (C=O) groups excluding carboxylic acids is 1. The molecule has 1 aliphatic rings. The monoisotopic (exact) mass is 378 g/mol. The standard InChI is InChI=1S/C19H26N4O2.ClH/c1-12-11-20-10-9-15(12)21-16(24)13-7-5-6-8-14(13)17-22-18(23-25-17)19(2,3)4;/h5-8,12,15,20H,9-11H2,1-4H3,(H,21,24);1H. The molecule has 2 heterocycles. The molecule has 6 nitrogen and oxygen atoms in total. The van der Waals surface area contributed by atoms with Gasteiger partial charge in [0, 0.05) is 11.5 Å². The zero-order valence-corrected chi connectivity index (χ0v) is 16.5. The average Bonchev–Trinajstić information content (AvgIpc) is 3.07. The van der Waals surface area contributed by atoms with E-state index in [4.69, 9.17) is 4.52 Å². The lowest BCUT2D eigenvalue weighted by molar-refractivity contribution is 0.0914. The zero-order valence-electron chi connectivity index (χ0n) is 15.7. The summed E-state index contributed by atoms with van der Waals surface area (Å²) in [6.07, 6.45) is 0.934. The van der Waals surface area contributed by atoms with E-state index in [0.717, 1.165) is 19.5 Å². The van der Waals surface area contributed by atoms with Gasteiger partial charge in [0.2, 0.25) is 0 Å². The average molecular weight is 379 g/mol. The third-order valence-electron chi connectivity index (χ3n) is 4.60. The number of hydrogen-bond acceptors (Lipinski definition) is 5. The SMILES string of the molecule is CC1CNCCC1NC(=O)c1ccccc1-c1nc(C(C)(C)C)no1.Cl. The summed E-state index contributed by atoms with van der Waals surface area (Å²) in [5, 5.41) is 10.6. The molecule has 26 heavy (non-hydrogen) atoms. The number of aromatic nitrogens is 2. The van der Waals surface area contributed by atoms with Crippen LogP contribution in [0.5, 0.6) is 0 Å². The number of amides is 1. The first kappa shape index (κ1) is 20.4. The number of nitrogens with zero attached hydrogens (tertiary/aromatic N) is 2. The minimum Gasteiger partial charge on any atom is -0.349 e. The van der Waals surface area contributed by atoms with Crippen molar-refractivity contribution in [2.45, 2.75) is 45.6 Å². The van der Waals surface area contributed by atoms with Crippen molar-refractivity contribution in [2.24, 2.45) is 5.92 Å². The summed E-state index contributed by atoms with van der Waals surface area (Å²) >= 11 is 0. The largest absolute Gasteiger partial charge is 0.349 e. The van der Waals surface area contributed by atoms with Gasteiger partial charge in [-0.2, -0.15) is 4.98 Å². The second kappa shape index (κ2) is 8.18. The summed E-state index contributed by atoms with van der Waals surface area (Å²) in [5.74, 6) is 1.32. The third-order valence-corrected chi connectivity index (χ3v) is 4.60. The molecule has 0 spiro atoms. The highest BCUT2D eigenvalue weighted by Crippen LogP contribution is 2.26. The van der Waals surface area contributed by atoms with Gasteiger partial charge in [-0.15, -0.1) is 12.4 Å². The van der Waals surface area contributed by atoms with Crippen LogP contribution in [0.25, 0.3) is 11.5 Å². The Bertz CT molecular complexity index is 754. The van der Waals surface area contributed by atoms with Crippen LogP contribution in [-0.2, 0) is 5.41 Å². The van der Waals surface area contributed by atoms with E-state index in [9.17, 15) is 4.79 Å². The van der Waals surface area contributed by atoms with Gasteiger partial charge in [-0.1, -0.05) is 45.0 Å². The van der Waals surface area contributed by atoms with E-state index in [1.165, 1.54) is 0 Å². The maximum atomic E-state index is 12.8. The lowest BCUT2D eigenvalue weighted by Crippen LogP contribution is -2.48. The van der Waals surface area contributed by atoms with E-state index in [1.54, 1.807) is 6.07 Å². The molecule has 2 atom stereocenters. The van der Waals surface area contributed by atoms with Crippen LogP contribution in [0.1, 0.15) is 50.3 Å². The molecule has 1 amide bonds. The van der Waals surface area contributed by atoms with E-state index in [0.29, 0.717) is 28.8 Å². The Hall–Kier alpha value is -1.92. The predicted octanol–water partition coefficient (Wildman–Crippen LogP) is 3.18. The van der Waals surface area contributed by atoms with Gasteiger partial charge in [0.1, 0.15) is 0 Å². The number of halogens is 1. The molecule has 1 saturated heterocycles. The molecule has 0 bridgehead atoms. The maximum Gasteiger partial charge on any atom is 0.258 e. The molecule has 3 rings (SSSR count). The van der Waals surface area contributed by atoms with Crippen LogP contribution in [-0.4, -0.2) is 35.2 Å². The summed E-state index contributed by atoms with van der Waals surface area (Å²) in [4.78, 5) is 17.3. The fraction of sp³-hybridized carbons (Fsp3) is 0.526. The molecule has 0 aliphatic carbocycles. The van der Waals surface area contributed by atoms with E-state index >= 15 is 0 Å². The summed E-state index contributed by atoms with van der Waals surface area (Å²) < 4.78 is 5.43. The minimum absolute atomic E-state index is 0. The molecule has 1 aliphatic heterocycles. The summed E-state index contributed by atoms with van der Waals surface area (Å²) in [6.45, 7) is 10.1. The van der Waals surface area contributed by atoms with E-state index < -0.39 is 0 Å². The van der Waals surface area contributed by atoms with E-state index in [2.05, 4.69) is 27.7 Å². The summed E-state index contributed by atoms with van der Waals surface area (Å²) in [5.41, 5.74) is 1.03. The van der Waals surface area contributed by atoms with Crippen LogP contribution < -0.4 is 10.6 Å². The van der Waals surface area contributed by atoms with E-state index in [-0.39, 0.29) is 29.8 Å². The highest BCUT2D eigenvalue weighted by Gasteiger charge is 2.26. The van der Waals surface area contributed by atoms with E-state index in [1.807, 2.05) is 39.0 Å². The Morgan fingerprint density at radius 2 is 2.04 bits per heavy atom. The van der Waals surface area contributed by atoms with Gasteiger partial charge >= 0.3 is 0 Å². The van der Waals surface area contributed by atoms with Crippen LogP contribution >= 0.6 is 12.4 Å². The molecule has 2 unspecified atom stereocenters. The Morgan fingerprint density at radius 3 is 2.69 bits per heavy atom. The van der Waals surface area contributed by atoms with Crippen molar-refractivity contribution in [1.82, 2.24) is 20.8 Å². The lowest BCUT2D eigenvalue weighted by atomic mass is 9.94. The molecule has 1 fully saturated rings. The van der Waals surface area contributed by atoms with Crippen molar-refractivity contribution < 1.29 is 9.32 Å². The smallest absolute Gasteiger partial charge is 0.258 e. The summed E-state index contributed by atoms with van der Waals surface area (Å²) in [6, 6.07) is 7.55. The molecular weight excluding hydrogens is 352 g/mol. The number of carbonyl (C=O) groups is 1. The second-order valence-corrected chi connectivity index (χ2v) is 7.77. The van der Waals surface area contributed by atoms with Crippen molar-refractivity contribution in [3.05, 3.63) is 35.7 Å². The van der Waals surface area contributed by atoms with Crippen molar-refractivity contribution in [3.63, 3.8) is 0 Å². The van der Waals surface area contributed by atoms with Gasteiger partial charge < -0.3 is 15.2 Å². The zero-order chi connectivity index (χ0) is 18.0. The predicted molar refractivity (Wildman–Crippen MR) is 104 cm³/mol. The molecule has 142 valence electrons. The molecule has 0 radical (unpaired) electrons. The van der Waals surface area contributed by atoms with Gasteiger partial charge in [0.15, 0.2) is 5.82 Å². The fourth-order valence-electron chi connectivity index (χ4n) is 2.98.